The molecule has 0 aromatic rings. The van der Waals surface area contributed by atoms with E-state index in [1.54, 1.807) is 0 Å². The molecule has 0 bridgehead atoms. The predicted octanol–water partition coefficient (Wildman–Crippen LogP) is 2.89. The summed E-state index contributed by atoms with van der Waals surface area (Å²) in [7, 11) is 0. The minimum absolute atomic E-state index is 0.399. The van der Waals surface area contributed by atoms with Gasteiger partial charge in [0.1, 0.15) is 0 Å². The minimum atomic E-state index is 0.399. The first-order valence-corrected chi connectivity index (χ1v) is 7.91. The van der Waals surface area contributed by atoms with Crippen LogP contribution in [0, 0.1) is 17.3 Å². The van der Waals surface area contributed by atoms with Gasteiger partial charge in [-0.15, -0.1) is 0 Å². The van der Waals surface area contributed by atoms with Crippen molar-refractivity contribution in [3.05, 3.63) is 0 Å². The van der Waals surface area contributed by atoms with Crippen molar-refractivity contribution in [2.24, 2.45) is 17.3 Å². The Balaban J connectivity index is 1.70. The van der Waals surface area contributed by atoms with Crippen LogP contribution in [0.2, 0.25) is 0 Å². The van der Waals surface area contributed by atoms with Crippen LogP contribution < -0.4 is 5.32 Å². The van der Waals surface area contributed by atoms with E-state index in [0.29, 0.717) is 11.0 Å². The van der Waals surface area contributed by atoms with Crippen molar-refractivity contribution < 1.29 is 0 Å². The average Bonchev–Trinajstić information content (AvgIpc) is 3.12. The van der Waals surface area contributed by atoms with Crippen LogP contribution in [0.1, 0.15) is 53.4 Å². The molecule has 3 rings (SSSR count). The van der Waals surface area contributed by atoms with Crippen LogP contribution in [0.4, 0.5) is 0 Å². The van der Waals surface area contributed by atoms with Gasteiger partial charge in [-0.1, -0.05) is 20.8 Å². The summed E-state index contributed by atoms with van der Waals surface area (Å²) in [6.07, 6.45) is 5.78. The summed E-state index contributed by atoms with van der Waals surface area (Å²) in [5.41, 5.74) is 1.05. The lowest BCUT2D eigenvalue weighted by Gasteiger charge is -2.49. The molecule has 0 radical (unpaired) electrons. The molecule has 0 spiro atoms. The molecule has 2 heteroatoms. The molecule has 2 aliphatic carbocycles. The molecule has 0 aromatic carbocycles. The lowest BCUT2D eigenvalue weighted by atomic mass is 9.87. The van der Waals surface area contributed by atoms with Crippen molar-refractivity contribution in [1.29, 1.82) is 0 Å². The number of hydrogen-bond donors (Lipinski definition) is 1. The third kappa shape index (κ3) is 2.46. The Morgan fingerprint density at radius 2 is 1.89 bits per heavy atom. The van der Waals surface area contributed by atoms with E-state index < -0.39 is 0 Å². The van der Waals surface area contributed by atoms with Gasteiger partial charge in [-0.3, -0.25) is 4.90 Å². The Kier molecular flexibility index (Phi) is 3.02. The molecular weight excluding hydrogens is 220 g/mol. The van der Waals surface area contributed by atoms with Crippen molar-refractivity contribution >= 4 is 0 Å². The first-order valence-electron chi connectivity index (χ1n) is 7.91. The Labute approximate surface area is 113 Å². The van der Waals surface area contributed by atoms with E-state index in [0.717, 1.165) is 17.9 Å². The minimum Gasteiger partial charge on any atom is -0.308 e. The molecule has 3 aliphatic rings. The molecule has 2 atom stereocenters. The largest absolute Gasteiger partial charge is 0.308 e. The molecule has 104 valence electrons. The van der Waals surface area contributed by atoms with Gasteiger partial charge >= 0.3 is 0 Å². The maximum Gasteiger partial charge on any atom is 0.0309 e. The molecular formula is C16H30N2. The second-order valence-corrected chi connectivity index (χ2v) is 8.10. The van der Waals surface area contributed by atoms with E-state index in [1.165, 1.54) is 45.3 Å². The quantitative estimate of drug-likeness (QED) is 0.825. The van der Waals surface area contributed by atoms with E-state index in [-0.39, 0.29) is 0 Å². The molecule has 0 amide bonds. The molecule has 3 fully saturated rings. The average molecular weight is 250 g/mol. The van der Waals surface area contributed by atoms with Crippen molar-refractivity contribution in [2.45, 2.75) is 65.0 Å². The lowest BCUT2D eigenvalue weighted by Crippen LogP contribution is -2.65. The highest BCUT2D eigenvalue weighted by Crippen LogP contribution is 2.48. The fourth-order valence-electron chi connectivity index (χ4n) is 3.75. The van der Waals surface area contributed by atoms with Crippen molar-refractivity contribution in [3.63, 3.8) is 0 Å². The summed E-state index contributed by atoms with van der Waals surface area (Å²) in [6.45, 7) is 13.5. The molecule has 2 nitrogen and oxygen atoms in total. The lowest BCUT2D eigenvalue weighted by molar-refractivity contribution is 0.0386. The SMILES string of the molecule is CC(C)C1CNC(C)(C2CC2)CN1CC1(C)CC1. The first-order chi connectivity index (χ1) is 8.42. The number of rotatable bonds is 4. The monoisotopic (exact) mass is 250 g/mol. The van der Waals surface area contributed by atoms with Gasteiger partial charge in [-0.05, 0) is 49.9 Å². The number of nitrogens with one attached hydrogen (secondary N) is 1. The zero-order valence-corrected chi connectivity index (χ0v) is 12.6. The summed E-state index contributed by atoms with van der Waals surface area (Å²) in [6, 6.07) is 0.745. The van der Waals surface area contributed by atoms with Gasteiger partial charge in [0.15, 0.2) is 0 Å². The molecule has 1 saturated heterocycles. The van der Waals surface area contributed by atoms with Gasteiger partial charge in [-0.25, -0.2) is 0 Å². The van der Waals surface area contributed by atoms with E-state index in [2.05, 4.69) is 37.9 Å². The molecule has 0 aromatic heterocycles. The zero-order valence-electron chi connectivity index (χ0n) is 12.6. The molecule has 2 saturated carbocycles. The highest BCUT2D eigenvalue weighted by molar-refractivity contribution is 5.06. The Hall–Kier alpha value is -0.0800. The predicted molar refractivity (Wildman–Crippen MR) is 76.7 cm³/mol. The third-order valence-corrected chi connectivity index (χ3v) is 5.65. The van der Waals surface area contributed by atoms with E-state index in [4.69, 9.17) is 0 Å². The second-order valence-electron chi connectivity index (χ2n) is 8.10. The van der Waals surface area contributed by atoms with Crippen LogP contribution in [0.3, 0.4) is 0 Å². The Morgan fingerprint density at radius 3 is 2.39 bits per heavy atom. The van der Waals surface area contributed by atoms with Crippen molar-refractivity contribution in [2.75, 3.05) is 19.6 Å². The Morgan fingerprint density at radius 1 is 1.22 bits per heavy atom. The third-order valence-electron chi connectivity index (χ3n) is 5.65. The van der Waals surface area contributed by atoms with Gasteiger partial charge in [0.05, 0.1) is 0 Å². The van der Waals surface area contributed by atoms with E-state index in [9.17, 15) is 0 Å². The molecule has 2 unspecified atom stereocenters. The van der Waals surface area contributed by atoms with E-state index in [1.807, 2.05) is 0 Å². The van der Waals surface area contributed by atoms with Gasteiger partial charge in [-0.2, -0.15) is 0 Å². The van der Waals surface area contributed by atoms with Crippen LogP contribution in [0.25, 0.3) is 0 Å². The maximum atomic E-state index is 3.88. The van der Waals surface area contributed by atoms with Crippen LogP contribution in [0.15, 0.2) is 0 Å². The fourth-order valence-corrected chi connectivity index (χ4v) is 3.75. The summed E-state index contributed by atoms with van der Waals surface area (Å²) in [4.78, 5) is 2.83. The van der Waals surface area contributed by atoms with Crippen LogP contribution in [-0.2, 0) is 0 Å². The molecule has 1 aliphatic heterocycles. The van der Waals surface area contributed by atoms with Gasteiger partial charge < -0.3 is 5.32 Å². The Bertz CT molecular complexity index is 317. The highest BCUT2D eigenvalue weighted by atomic mass is 15.3. The number of nitrogens with zero attached hydrogens (tertiary/aromatic N) is 1. The van der Waals surface area contributed by atoms with Crippen LogP contribution >= 0.6 is 0 Å². The van der Waals surface area contributed by atoms with Crippen LogP contribution in [0.5, 0.6) is 0 Å². The summed E-state index contributed by atoms with van der Waals surface area (Å²) < 4.78 is 0. The maximum absolute atomic E-state index is 3.88. The summed E-state index contributed by atoms with van der Waals surface area (Å²) in [5, 5.41) is 3.88. The van der Waals surface area contributed by atoms with E-state index >= 15 is 0 Å². The summed E-state index contributed by atoms with van der Waals surface area (Å²) >= 11 is 0. The van der Waals surface area contributed by atoms with Gasteiger partial charge in [0.25, 0.3) is 0 Å². The summed E-state index contributed by atoms with van der Waals surface area (Å²) in [5.74, 6) is 1.71. The van der Waals surface area contributed by atoms with Crippen LogP contribution in [-0.4, -0.2) is 36.1 Å². The molecule has 18 heavy (non-hydrogen) atoms. The van der Waals surface area contributed by atoms with Gasteiger partial charge in [0.2, 0.25) is 0 Å². The smallest absolute Gasteiger partial charge is 0.0309 e. The standard InChI is InChI=1S/C16H30N2/c1-12(2)14-9-17-16(4,13-5-6-13)11-18(14)10-15(3)7-8-15/h12-14,17H,5-11H2,1-4H3. The normalized spacial score (nSPS) is 40.2. The molecule has 1 N–H and O–H groups in total. The number of hydrogen-bond acceptors (Lipinski definition) is 2. The highest BCUT2D eigenvalue weighted by Gasteiger charge is 2.49. The fraction of sp³-hybridized carbons (Fsp3) is 1.00. The van der Waals surface area contributed by atoms with Gasteiger partial charge in [0, 0.05) is 31.2 Å². The topological polar surface area (TPSA) is 15.3 Å². The zero-order chi connectivity index (χ0) is 13.0. The number of piperazine rings is 1. The molecule has 1 heterocycles. The second kappa shape index (κ2) is 4.21. The van der Waals surface area contributed by atoms with Crippen molar-refractivity contribution in [3.8, 4) is 0 Å². The first kappa shape index (κ1) is 12.9. The van der Waals surface area contributed by atoms with Crippen molar-refractivity contribution in [1.82, 2.24) is 10.2 Å².